The van der Waals surface area contributed by atoms with E-state index in [0.29, 0.717) is 5.69 Å². The van der Waals surface area contributed by atoms with Gasteiger partial charge in [-0.1, -0.05) is 6.07 Å². The van der Waals surface area contributed by atoms with Gasteiger partial charge in [-0.2, -0.15) is 5.10 Å². The molecule has 18 heavy (non-hydrogen) atoms. The van der Waals surface area contributed by atoms with E-state index in [4.69, 9.17) is 5.11 Å². The van der Waals surface area contributed by atoms with Crippen molar-refractivity contribution in [2.45, 2.75) is 13.8 Å². The number of carboxylic acids is 1. The second-order valence-corrected chi connectivity index (χ2v) is 3.91. The van der Waals surface area contributed by atoms with Crippen LogP contribution in [0, 0.1) is 25.5 Å². The fourth-order valence-electron chi connectivity index (χ4n) is 1.64. The summed E-state index contributed by atoms with van der Waals surface area (Å²) in [6, 6.07) is 3.68. The molecule has 0 spiro atoms. The summed E-state index contributed by atoms with van der Waals surface area (Å²) in [5.41, 5.74) is -0.0122. The standard InChI is InChI=1S/C12H10F2N2O2/c1-6-3-4-8(13)11(10(6)14)16-7(2)5-9(15-16)12(17)18/h3-5H,1-2H3,(H,17,18). The molecule has 0 unspecified atom stereocenters. The zero-order valence-electron chi connectivity index (χ0n) is 9.74. The lowest BCUT2D eigenvalue weighted by molar-refractivity contribution is 0.0690. The van der Waals surface area contributed by atoms with Crippen molar-refractivity contribution in [3.05, 3.63) is 46.8 Å². The molecule has 2 aromatic rings. The first-order valence-corrected chi connectivity index (χ1v) is 5.16. The van der Waals surface area contributed by atoms with Crippen molar-refractivity contribution >= 4 is 5.97 Å². The van der Waals surface area contributed by atoms with Crippen molar-refractivity contribution in [3.63, 3.8) is 0 Å². The molecule has 0 fully saturated rings. The molecule has 0 aliphatic carbocycles. The van der Waals surface area contributed by atoms with Crippen molar-refractivity contribution in [1.29, 1.82) is 0 Å². The quantitative estimate of drug-likeness (QED) is 0.893. The smallest absolute Gasteiger partial charge is 0.356 e. The number of benzene rings is 1. The van der Waals surface area contributed by atoms with Gasteiger partial charge in [-0.3, -0.25) is 0 Å². The van der Waals surface area contributed by atoms with Crippen molar-refractivity contribution in [3.8, 4) is 5.69 Å². The molecule has 0 aliphatic heterocycles. The van der Waals surface area contributed by atoms with Gasteiger partial charge in [0.15, 0.2) is 17.3 Å². The lowest BCUT2D eigenvalue weighted by atomic mass is 10.2. The molecular weight excluding hydrogens is 242 g/mol. The topological polar surface area (TPSA) is 55.1 Å². The molecule has 0 radical (unpaired) electrons. The molecule has 0 bridgehead atoms. The highest BCUT2D eigenvalue weighted by Crippen LogP contribution is 2.22. The summed E-state index contributed by atoms with van der Waals surface area (Å²) in [4.78, 5) is 10.8. The molecule has 4 nitrogen and oxygen atoms in total. The first kappa shape index (κ1) is 12.2. The third-order valence-electron chi connectivity index (χ3n) is 2.58. The van der Waals surface area contributed by atoms with Crippen LogP contribution in [0.15, 0.2) is 18.2 Å². The van der Waals surface area contributed by atoms with Crippen molar-refractivity contribution in [2.75, 3.05) is 0 Å². The molecule has 0 amide bonds. The van der Waals surface area contributed by atoms with Crippen LogP contribution in [0.2, 0.25) is 0 Å². The van der Waals surface area contributed by atoms with E-state index in [0.717, 1.165) is 10.7 Å². The minimum atomic E-state index is -1.25. The summed E-state index contributed by atoms with van der Waals surface area (Å²) in [5.74, 6) is -2.79. The van der Waals surface area contributed by atoms with Crippen LogP contribution >= 0.6 is 0 Å². The Kier molecular flexibility index (Phi) is 2.86. The number of aromatic carboxylic acids is 1. The van der Waals surface area contributed by atoms with Crippen molar-refractivity contribution < 1.29 is 18.7 Å². The largest absolute Gasteiger partial charge is 0.476 e. The van der Waals surface area contributed by atoms with Crippen LogP contribution in [0.1, 0.15) is 21.7 Å². The number of hydrogen-bond acceptors (Lipinski definition) is 2. The van der Waals surface area contributed by atoms with Gasteiger partial charge in [-0.25, -0.2) is 18.3 Å². The highest BCUT2D eigenvalue weighted by Gasteiger charge is 2.18. The van der Waals surface area contributed by atoms with Crippen LogP contribution in [0.25, 0.3) is 5.69 Å². The molecular formula is C12H10F2N2O2. The third kappa shape index (κ3) is 1.85. The van der Waals surface area contributed by atoms with Gasteiger partial charge in [0, 0.05) is 5.69 Å². The van der Waals surface area contributed by atoms with Gasteiger partial charge in [0.25, 0.3) is 0 Å². The summed E-state index contributed by atoms with van der Waals surface area (Å²) in [6.07, 6.45) is 0. The van der Waals surface area contributed by atoms with Gasteiger partial charge in [-0.05, 0) is 31.5 Å². The van der Waals surface area contributed by atoms with Crippen LogP contribution in [0.4, 0.5) is 8.78 Å². The van der Waals surface area contributed by atoms with Crippen molar-refractivity contribution in [1.82, 2.24) is 9.78 Å². The molecule has 0 saturated heterocycles. The summed E-state index contributed by atoms with van der Waals surface area (Å²) in [6.45, 7) is 3.02. The number of carboxylic acid groups (broad SMARTS) is 1. The van der Waals surface area contributed by atoms with E-state index in [-0.39, 0.29) is 16.9 Å². The number of rotatable bonds is 2. The summed E-state index contributed by atoms with van der Waals surface area (Å²) >= 11 is 0. The zero-order chi connectivity index (χ0) is 13.4. The molecule has 94 valence electrons. The molecule has 0 atom stereocenters. The first-order chi connectivity index (χ1) is 8.41. The van der Waals surface area contributed by atoms with E-state index >= 15 is 0 Å². The molecule has 2 rings (SSSR count). The van der Waals surface area contributed by atoms with E-state index in [1.54, 1.807) is 0 Å². The molecule has 1 aromatic heterocycles. The van der Waals surface area contributed by atoms with Gasteiger partial charge < -0.3 is 5.11 Å². The zero-order valence-corrected chi connectivity index (χ0v) is 9.74. The predicted molar refractivity (Wildman–Crippen MR) is 59.9 cm³/mol. The maximum absolute atomic E-state index is 13.9. The van der Waals surface area contributed by atoms with E-state index in [1.807, 2.05) is 0 Å². The highest BCUT2D eigenvalue weighted by atomic mass is 19.1. The Morgan fingerprint density at radius 1 is 1.33 bits per heavy atom. The van der Waals surface area contributed by atoms with Crippen LogP contribution in [0.3, 0.4) is 0 Å². The lowest BCUT2D eigenvalue weighted by Gasteiger charge is -2.08. The number of nitrogens with zero attached hydrogens (tertiary/aromatic N) is 2. The van der Waals surface area contributed by atoms with E-state index in [2.05, 4.69) is 5.10 Å². The van der Waals surface area contributed by atoms with E-state index < -0.39 is 17.6 Å². The van der Waals surface area contributed by atoms with E-state index in [1.165, 1.54) is 26.0 Å². The van der Waals surface area contributed by atoms with Gasteiger partial charge >= 0.3 is 5.97 Å². The average molecular weight is 252 g/mol. The maximum atomic E-state index is 13.9. The first-order valence-electron chi connectivity index (χ1n) is 5.16. The van der Waals surface area contributed by atoms with E-state index in [9.17, 15) is 13.6 Å². The lowest BCUT2D eigenvalue weighted by Crippen LogP contribution is -2.07. The predicted octanol–water partition coefficient (Wildman–Crippen LogP) is 2.47. The molecule has 0 aliphatic rings. The number of aryl methyl sites for hydroxylation is 2. The Hall–Kier alpha value is -2.24. The van der Waals surface area contributed by atoms with Crippen LogP contribution in [0.5, 0.6) is 0 Å². The second kappa shape index (κ2) is 4.21. The minimum Gasteiger partial charge on any atom is -0.476 e. The van der Waals surface area contributed by atoms with Crippen LogP contribution < -0.4 is 0 Å². The fraction of sp³-hybridized carbons (Fsp3) is 0.167. The van der Waals surface area contributed by atoms with Crippen molar-refractivity contribution in [2.24, 2.45) is 0 Å². The fourth-order valence-corrected chi connectivity index (χ4v) is 1.64. The highest BCUT2D eigenvalue weighted by molar-refractivity contribution is 5.85. The maximum Gasteiger partial charge on any atom is 0.356 e. The van der Waals surface area contributed by atoms with Gasteiger partial charge in [0.1, 0.15) is 5.69 Å². The monoisotopic (exact) mass is 252 g/mol. The third-order valence-corrected chi connectivity index (χ3v) is 2.58. The minimum absolute atomic E-state index is 0.257. The van der Waals surface area contributed by atoms with Gasteiger partial charge in [-0.15, -0.1) is 0 Å². The molecule has 1 aromatic carbocycles. The number of aromatic nitrogens is 2. The normalized spacial score (nSPS) is 10.7. The summed E-state index contributed by atoms with van der Waals surface area (Å²) in [7, 11) is 0. The Morgan fingerprint density at radius 2 is 2.00 bits per heavy atom. The summed E-state index contributed by atoms with van der Waals surface area (Å²) < 4.78 is 28.5. The summed E-state index contributed by atoms with van der Waals surface area (Å²) in [5, 5.41) is 12.5. The number of halogens is 2. The molecule has 6 heteroatoms. The Balaban J connectivity index is 2.69. The molecule has 1 N–H and O–H groups in total. The molecule has 0 saturated carbocycles. The molecule has 1 heterocycles. The average Bonchev–Trinajstić information content (AvgIpc) is 2.67. The number of hydrogen-bond donors (Lipinski definition) is 1. The second-order valence-electron chi connectivity index (χ2n) is 3.91. The number of carbonyl (C=O) groups is 1. The SMILES string of the molecule is Cc1ccc(F)c(-n2nc(C(=O)O)cc2C)c1F. The Bertz CT molecular complexity index is 635. The van der Waals surface area contributed by atoms with Gasteiger partial charge in [0.05, 0.1) is 0 Å². The van der Waals surface area contributed by atoms with Gasteiger partial charge in [0.2, 0.25) is 0 Å². The van der Waals surface area contributed by atoms with Crippen LogP contribution in [-0.2, 0) is 0 Å². The Morgan fingerprint density at radius 3 is 2.56 bits per heavy atom. The van der Waals surface area contributed by atoms with Crippen LogP contribution in [-0.4, -0.2) is 20.9 Å². The Labute approximate surface area is 101 Å².